The molecule has 0 radical (unpaired) electrons. The zero-order chi connectivity index (χ0) is 28.1. The number of hydrogen-bond donors (Lipinski definition) is 2. The highest BCUT2D eigenvalue weighted by Gasteiger charge is 2.38. The van der Waals surface area contributed by atoms with Crippen LogP contribution in [0, 0.1) is 0 Å². The summed E-state index contributed by atoms with van der Waals surface area (Å²) >= 11 is 0. The van der Waals surface area contributed by atoms with Gasteiger partial charge in [0.15, 0.2) is 0 Å². The molecule has 1 saturated carbocycles. The SMILES string of the molecule is CN1CCC(N2CCN(C3CC(Nc4ncc(C(F)(F)F)c(NCCCN5CCOCCC5=O)n4)C3)CC2)CC1. The molecular weight excluding hydrogens is 525 g/mol. The van der Waals surface area contributed by atoms with E-state index in [9.17, 15) is 18.0 Å². The lowest BCUT2D eigenvalue weighted by Crippen LogP contribution is -2.58. The van der Waals surface area contributed by atoms with E-state index < -0.39 is 11.7 Å². The lowest BCUT2D eigenvalue weighted by atomic mass is 9.85. The molecule has 0 unspecified atom stereocenters. The molecular formula is C27H43F3N8O2. The van der Waals surface area contributed by atoms with Crippen LogP contribution in [0.4, 0.5) is 24.9 Å². The van der Waals surface area contributed by atoms with Gasteiger partial charge in [0.05, 0.1) is 19.6 Å². The predicted octanol–water partition coefficient (Wildman–Crippen LogP) is 2.20. The topological polar surface area (TPSA) is 89.1 Å². The monoisotopic (exact) mass is 568 g/mol. The number of carbonyl (C=O) groups excluding carboxylic acids is 1. The van der Waals surface area contributed by atoms with Crippen LogP contribution in [0.2, 0.25) is 0 Å². The maximum atomic E-state index is 13.6. The van der Waals surface area contributed by atoms with Crippen LogP contribution in [-0.4, -0.2) is 133 Å². The highest BCUT2D eigenvalue weighted by Crippen LogP contribution is 2.35. The molecule has 0 spiro atoms. The Morgan fingerprint density at radius 3 is 2.40 bits per heavy atom. The van der Waals surface area contributed by atoms with Gasteiger partial charge in [0, 0.05) is 70.1 Å². The van der Waals surface area contributed by atoms with Crippen molar-refractivity contribution in [1.82, 2.24) is 29.6 Å². The van der Waals surface area contributed by atoms with Gasteiger partial charge in [-0.1, -0.05) is 0 Å². The van der Waals surface area contributed by atoms with E-state index in [4.69, 9.17) is 4.74 Å². The Hall–Kier alpha value is -2.22. The Balaban J connectivity index is 1.07. The fourth-order valence-electron chi connectivity index (χ4n) is 6.24. The number of alkyl halides is 3. The second-order valence-corrected chi connectivity index (χ2v) is 11.6. The van der Waals surface area contributed by atoms with Gasteiger partial charge >= 0.3 is 6.18 Å². The molecule has 3 saturated heterocycles. The maximum Gasteiger partial charge on any atom is 0.421 e. The number of aromatic nitrogens is 2. The van der Waals surface area contributed by atoms with Crippen molar-refractivity contribution < 1.29 is 22.7 Å². The Bertz CT molecular complexity index is 977. The van der Waals surface area contributed by atoms with Gasteiger partial charge in [-0.2, -0.15) is 18.2 Å². The minimum Gasteiger partial charge on any atom is -0.379 e. The molecule has 224 valence electrons. The molecule has 1 aromatic heterocycles. The summed E-state index contributed by atoms with van der Waals surface area (Å²) in [5, 5.41) is 6.09. The molecule has 5 rings (SSSR count). The summed E-state index contributed by atoms with van der Waals surface area (Å²) in [4.78, 5) is 29.6. The largest absolute Gasteiger partial charge is 0.421 e. The standard InChI is InChI=1S/C27H43F3N8O2/c1-35-8-3-21(4-9-35)36-10-12-37(13-11-36)22-17-20(18-22)33-26-32-19-23(27(28,29)30)25(34-26)31-6-2-7-38-14-16-40-15-5-24(38)39/h19-22H,2-18H2,1H3,(H2,31,32,33,34). The summed E-state index contributed by atoms with van der Waals surface area (Å²) in [6.45, 7) is 8.85. The molecule has 3 aliphatic heterocycles. The van der Waals surface area contributed by atoms with Gasteiger partial charge in [-0.25, -0.2) is 4.98 Å². The number of ether oxygens (including phenoxy) is 1. The number of piperazine rings is 1. The van der Waals surface area contributed by atoms with Crippen LogP contribution in [0.25, 0.3) is 0 Å². The van der Waals surface area contributed by atoms with Crippen molar-refractivity contribution >= 4 is 17.7 Å². The average Bonchev–Trinajstić information content (AvgIpc) is 3.12. The van der Waals surface area contributed by atoms with Gasteiger partial charge in [0.2, 0.25) is 11.9 Å². The number of hydrogen-bond acceptors (Lipinski definition) is 9. The zero-order valence-electron chi connectivity index (χ0n) is 23.5. The quantitative estimate of drug-likeness (QED) is 0.436. The van der Waals surface area contributed by atoms with Crippen molar-refractivity contribution in [3.05, 3.63) is 11.8 Å². The van der Waals surface area contributed by atoms with Crippen LogP contribution in [0.3, 0.4) is 0 Å². The minimum absolute atomic E-state index is 0.0138. The smallest absolute Gasteiger partial charge is 0.379 e. The highest BCUT2D eigenvalue weighted by atomic mass is 19.4. The van der Waals surface area contributed by atoms with Crippen LogP contribution in [0.5, 0.6) is 0 Å². The number of rotatable bonds is 9. The lowest BCUT2D eigenvalue weighted by Gasteiger charge is -2.48. The fraction of sp³-hybridized carbons (Fsp3) is 0.815. The third kappa shape index (κ3) is 7.54. The first-order chi connectivity index (χ1) is 19.3. The van der Waals surface area contributed by atoms with Crippen molar-refractivity contribution in [2.45, 2.75) is 62.8 Å². The van der Waals surface area contributed by atoms with Crippen LogP contribution < -0.4 is 10.6 Å². The Morgan fingerprint density at radius 2 is 1.70 bits per heavy atom. The van der Waals surface area contributed by atoms with Crippen LogP contribution in [0.1, 0.15) is 44.1 Å². The lowest BCUT2D eigenvalue weighted by molar-refractivity contribution is -0.137. The molecule has 4 fully saturated rings. The van der Waals surface area contributed by atoms with Crippen molar-refractivity contribution in [3.63, 3.8) is 0 Å². The second kappa shape index (κ2) is 13.2. The number of halogens is 3. The van der Waals surface area contributed by atoms with E-state index >= 15 is 0 Å². The van der Waals surface area contributed by atoms with Crippen molar-refractivity contribution in [3.8, 4) is 0 Å². The Morgan fingerprint density at radius 1 is 1.00 bits per heavy atom. The number of amides is 1. The molecule has 1 aromatic rings. The molecule has 1 amide bonds. The second-order valence-electron chi connectivity index (χ2n) is 11.6. The number of anilines is 2. The molecule has 2 N–H and O–H groups in total. The van der Waals surface area contributed by atoms with E-state index in [0.29, 0.717) is 51.2 Å². The summed E-state index contributed by atoms with van der Waals surface area (Å²) in [6, 6.07) is 1.36. The minimum atomic E-state index is -4.56. The fourth-order valence-corrected chi connectivity index (χ4v) is 6.24. The van der Waals surface area contributed by atoms with Gasteiger partial charge in [0.1, 0.15) is 11.4 Å². The van der Waals surface area contributed by atoms with E-state index in [1.807, 2.05) is 0 Å². The average molecular weight is 569 g/mol. The third-order valence-electron chi connectivity index (χ3n) is 8.83. The van der Waals surface area contributed by atoms with Gasteiger partial charge in [0.25, 0.3) is 0 Å². The summed E-state index contributed by atoms with van der Waals surface area (Å²) < 4.78 is 46.2. The zero-order valence-corrected chi connectivity index (χ0v) is 23.5. The van der Waals surface area contributed by atoms with Gasteiger partial charge in [-0.15, -0.1) is 0 Å². The number of carbonyl (C=O) groups is 1. The van der Waals surface area contributed by atoms with Gasteiger partial charge in [-0.3, -0.25) is 14.6 Å². The van der Waals surface area contributed by atoms with E-state index in [2.05, 4.69) is 42.3 Å². The van der Waals surface area contributed by atoms with E-state index in [0.717, 1.165) is 45.2 Å². The Kier molecular flexibility index (Phi) is 9.64. The summed E-state index contributed by atoms with van der Waals surface area (Å²) in [5.41, 5.74) is -0.883. The van der Waals surface area contributed by atoms with Crippen LogP contribution >= 0.6 is 0 Å². The number of nitrogens with zero attached hydrogens (tertiary/aromatic N) is 6. The molecule has 0 atom stereocenters. The first-order valence-electron chi connectivity index (χ1n) is 14.7. The predicted molar refractivity (Wildman–Crippen MR) is 146 cm³/mol. The molecule has 10 nitrogen and oxygen atoms in total. The summed E-state index contributed by atoms with van der Waals surface area (Å²) in [7, 11) is 2.20. The molecule has 40 heavy (non-hydrogen) atoms. The molecule has 13 heteroatoms. The first kappa shape index (κ1) is 29.3. The Labute approximate surface area is 234 Å². The summed E-state index contributed by atoms with van der Waals surface area (Å²) in [5.74, 6) is 0.00208. The van der Waals surface area contributed by atoms with Crippen molar-refractivity contribution in [2.75, 3.05) is 89.8 Å². The molecule has 4 heterocycles. The number of nitrogens with one attached hydrogen (secondary N) is 2. The third-order valence-corrected chi connectivity index (χ3v) is 8.83. The van der Waals surface area contributed by atoms with Crippen molar-refractivity contribution in [1.29, 1.82) is 0 Å². The van der Waals surface area contributed by atoms with Crippen LogP contribution in [-0.2, 0) is 15.7 Å². The number of piperidine rings is 1. The highest BCUT2D eigenvalue weighted by molar-refractivity contribution is 5.76. The van der Waals surface area contributed by atoms with E-state index in [-0.39, 0.29) is 30.3 Å². The summed E-state index contributed by atoms with van der Waals surface area (Å²) in [6.07, 6.45) is 1.52. The van der Waals surface area contributed by atoms with Gasteiger partial charge < -0.3 is 25.2 Å². The van der Waals surface area contributed by atoms with Crippen LogP contribution in [0.15, 0.2) is 6.20 Å². The van der Waals surface area contributed by atoms with E-state index in [1.165, 1.54) is 25.9 Å². The number of likely N-dealkylation sites (tertiary alicyclic amines) is 1. The normalized spacial score (nSPS) is 26.4. The van der Waals surface area contributed by atoms with E-state index in [1.54, 1.807) is 4.90 Å². The molecule has 1 aliphatic carbocycles. The molecule has 0 bridgehead atoms. The van der Waals surface area contributed by atoms with Crippen molar-refractivity contribution in [2.24, 2.45) is 0 Å². The molecule has 4 aliphatic rings. The van der Waals surface area contributed by atoms with Gasteiger partial charge in [-0.05, 0) is 52.2 Å². The first-order valence-corrected chi connectivity index (χ1v) is 14.7. The molecule has 0 aromatic carbocycles. The maximum absolute atomic E-state index is 13.6.